The molecule has 0 aliphatic heterocycles. The largest absolute Gasteiger partial charge is 0.393 e. The van der Waals surface area contributed by atoms with Gasteiger partial charge < -0.3 is 5.32 Å². The van der Waals surface area contributed by atoms with Gasteiger partial charge in [0.25, 0.3) is 0 Å². The molecule has 1 rings (SSSR count). The number of anilines is 1. The molecule has 0 fully saturated rings. The first-order chi connectivity index (χ1) is 6.50. The average molecular weight is 205 g/mol. The fourth-order valence-electron chi connectivity index (χ4n) is 0.764. The number of nitrogens with one attached hydrogen (secondary N) is 1. The van der Waals surface area contributed by atoms with E-state index < -0.39 is 12.1 Å². The summed E-state index contributed by atoms with van der Waals surface area (Å²) in [5.41, 5.74) is 0. The van der Waals surface area contributed by atoms with E-state index in [4.69, 9.17) is 0 Å². The Morgan fingerprint density at radius 3 is 2.64 bits per heavy atom. The first-order valence-electron chi connectivity index (χ1n) is 4.06. The van der Waals surface area contributed by atoms with E-state index >= 15 is 0 Å². The molecule has 1 unspecified atom stereocenters. The van der Waals surface area contributed by atoms with Gasteiger partial charge in [-0.3, -0.25) is 4.98 Å². The quantitative estimate of drug-likeness (QED) is 0.820. The minimum absolute atomic E-state index is 0.192. The number of aromatic nitrogens is 2. The summed E-state index contributed by atoms with van der Waals surface area (Å²) in [4.78, 5) is 7.51. The second kappa shape index (κ2) is 4.26. The molecule has 0 aliphatic rings. The summed E-state index contributed by atoms with van der Waals surface area (Å²) >= 11 is 0. The molecule has 6 heteroatoms. The molecule has 1 atom stereocenters. The zero-order valence-electron chi connectivity index (χ0n) is 7.54. The van der Waals surface area contributed by atoms with Gasteiger partial charge in [0.05, 0.1) is 12.1 Å². The Labute approximate surface area is 79.4 Å². The number of hydrogen-bond donors (Lipinski definition) is 1. The Kier molecular flexibility index (Phi) is 3.27. The lowest BCUT2D eigenvalue weighted by Crippen LogP contribution is -2.27. The smallest absolute Gasteiger partial charge is 0.368 e. The molecule has 78 valence electrons. The van der Waals surface area contributed by atoms with Crippen molar-refractivity contribution >= 4 is 5.82 Å². The maximum Gasteiger partial charge on any atom is 0.393 e. The summed E-state index contributed by atoms with van der Waals surface area (Å²) in [6, 6.07) is 0. The number of nitrogens with zero attached hydrogens (tertiary/aromatic N) is 2. The van der Waals surface area contributed by atoms with Crippen LogP contribution in [-0.2, 0) is 0 Å². The van der Waals surface area contributed by atoms with Gasteiger partial charge in [0.1, 0.15) is 5.82 Å². The molecule has 0 bridgehead atoms. The maximum absolute atomic E-state index is 12.1. The van der Waals surface area contributed by atoms with Crippen molar-refractivity contribution in [2.75, 3.05) is 11.9 Å². The third-order valence-corrected chi connectivity index (χ3v) is 1.71. The average Bonchev–Trinajstić information content (AvgIpc) is 2.14. The lowest BCUT2D eigenvalue weighted by Gasteiger charge is -2.15. The second-order valence-electron chi connectivity index (χ2n) is 2.91. The molecule has 1 aromatic rings. The molecule has 0 saturated heterocycles. The maximum atomic E-state index is 12.1. The van der Waals surface area contributed by atoms with Crippen LogP contribution in [0.25, 0.3) is 0 Å². The van der Waals surface area contributed by atoms with Crippen molar-refractivity contribution in [2.45, 2.75) is 13.1 Å². The van der Waals surface area contributed by atoms with E-state index in [1.807, 2.05) is 0 Å². The van der Waals surface area contributed by atoms with Gasteiger partial charge in [-0.1, -0.05) is 6.92 Å². The topological polar surface area (TPSA) is 37.8 Å². The molecule has 1 aromatic heterocycles. The van der Waals surface area contributed by atoms with Crippen LogP contribution in [0.1, 0.15) is 6.92 Å². The zero-order chi connectivity index (χ0) is 10.6. The van der Waals surface area contributed by atoms with Crippen LogP contribution in [0.4, 0.5) is 19.0 Å². The van der Waals surface area contributed by atoms with Crippen LogP contribution in [0.5, 0.6) is 0 Å². The van der Waals surface area contributed by atoms with Gasteiger partial charge in [0.2, 0.25) is 0 Å². The van der Waals surface area contributed by atoms with Crippen molar-refractivity contribution in [3.63, 3.8) is 0 Å². The predicted molar refractivity (Wildman–Crippen MR) is 45.7 cm³/mol. The summed E-state index contributed by atoms with van der Waals surface area (Å²) in [5.74, 6) is -1.05. The molecule has 0 amide bonds. The Morgan fingerprint density at radius 2 is 2.14 bits per heavy atom. The fourth-order valence-corrected chi connectivity index (χ4v) is 0.764. The van der Waals surface area contributed by atoms with Crippen LogP contribution in [0.2, 0.25) is 0 Å². The Hall–Kier alpha value is -1.33. The van der Waals surface area contributed by atoms with Crippen LogP contribution < -0.4 is 5.32 Å². The summed E-state index contributed by atoms with van der Waals surface area (Å²) in [7, 11) is 0. The highest BCUT2D eigenvalue weighted by Crippen LogP contribution is 2.25. The highest BCUT2D eigenvalue weighted by molar-refractivity contribution is 5.29. The van der Waals surface area contributed by atoms with Crippen molar-refractivity contribution in [1.29, 1.82) is 0 Å². The summed E-state index contributed by atoms with van der Waals surface area (Å²) in [6.07, 6.45) is 0.0806. The van der Waals surface area contributed by atoms with E-state index in [0.29, 0.717) is 5.82 Å². The molecule has 0 aliphatic carbocycles. The number of alkyl halides is 3. The van der Waals surface area contributed by atoms with Gasteiger partial charge in [0.15, 0.2) is 0 Å². The summed E-state index contributed by atoms with van der Waals surface area (Å²) < 4.78 is 36.2. The van der Waals surface area contributed by atoms with Gasteiger partial charge in [-0.05, 0) is 0 Å². The molecular weight excluding hydrogens is 195 g/mol. The number of rotatable bonds is 3. The van der Waals surface area contributed by atoms with Crippen LogP contribution in [0, 0.1) is 5.92 Å². The Balaban J connectivity index is 2.42. The first-order valence-corrected chi connectivity index (χ1v) is 4.06. The molecule has 1 heterocycles. The van der Waals surface area contributed by atoms with Crippen molar-refractivity contribution in [3.8, 4) is 0 Å². The van der Waals surface area contributed by atoms with Gasteiger partial charge in [-0.2, -0.15) is 13.2 Å². The van der Waals surface area contributed by atoms with Crippen LogP contribution in [0.3, 0.4) is 0 Å². The van der Waals surface area contributed by atoms with Crippen molar-refractivity contribution in [3.05, 3.63) is 18.6 Å². The first kappa shape index (κ1) is 10.7. The van der Waals surface area contributed by atoms with E-state index in [1.165, 1.54) is 18.6 Å². The summed E-state index contributed by atoms with van der Waals surface area (Å²) in [6.45, 7) is 0.922. The molecule has 0 aromatic carbocycles. The third-order valence-electron chi connectivity index (χ3n) is 1.71. The minimum atomic E-state index is -4.17. The standard InChI is InChI=1S/C8H10F3N3/c1-6(8(9,10)11)4-14-7-5-12-2-3-13-7/h2-3,5-6H,4H2,1H3,(H,13,14). The molecule has 1 N–H and O–H groups in total. The fraction of sp³-hybridized carbons (Fsp3) is 0.500. The molecule has 0 spiro atoms. The van der Waals surface area contributed by atoms with Gasteiger partial charge >= 0.3 is 6.18 Å². The molecular formula is C8H10F3N3. The van der Waals surface area contributed by atoms with Crippen molar-refractivity contribution in [1.82, 2.24) is 9.97 Å². The third kappa shape index (κ3) is 3.20. The Morgan fingerprint density at radius 1 is 1.43 bits per heavy atom. The SMILES string of the molecule is CC(CNc1cnccn1)C(F)(F)F. The zero-order valence-corrected chi connectivity index (χ0v) is 7.54. The highest BCUT2D eigenvalue weighted by atomic mass is 19.4. The van der Waals surface area contributed by atoms with Crippen molar-refractivity contribution in [2.24, 2.45) is 5.92 Å². The molecule has 3 nitrogen and oxygen atoms in total. The number of halogens is 3. The van der Waals surface area contributed by atoms with E-state index in [1.54, 1.807) is 0 Å². The Bertz CT molecular complexity index is 273. The molecule has 14 heavy (non-hydrogen) atoms. The van der Waals surface area contributed by atoms with Crippen LogP contribution in [-0.4, -0.2) is 22.7 Å². The normalized spacial score (nSPS) is 13.7. The highest BCUT2D eigenvalue weighted by Gasteiger charge is 2.35. The second-order valence-corrected chi connectivity index (χ2v) is 2.91. The van der Waals surface area contributed by atoms with E-state index in [0.717, 1.165) is 6.92 Å². The van der Waals surface area contributed by atoms with Gasteiger partial charge in [-0.25, -0.2) is 4.98 Å². The lowest BCUT2D eigenvalue weighted by atomic mass is 10.2. The predicted octanol–water partition coefficient (Wildman–Crippen LogP) is 2.09. The van der Waals surface area contributed by atoms with Crippen LogP contribution in [0.15, 0.2) is 18.6 Å². The minimum Gasteiger partial charge on any atom is -0.368 e. The molecule has 0 saturated carbocycles. The van der Waals surface area contributed by atoms with Gasteiger partial charge in [0, 0.05) is 18.9 Å². The van der Waals surface area contributed by atoms with E-state index in [9.17, 15) is 13.2 Å². The monoisotopic (exact) mass is 205 g/mol. The van der Waals surface area contributed by atoms with Crippen LogP contribution >= 0.6 is 0 Å². The van der Waals surface area contributed by atoms with E-state index in [2.05, 4.69) is 15.3 Å². The summed E-state index contributed by atoms with van der Waals surface area (Å²) in [5, 5.41) is 2.56. The number of hydrogen-bond acceptors (Lipinski definition) is 3. The molecule has 0 radical (unpaired) electrons. The van der Waals surface area contributed by atoms with Gasteiger partial charge in [-0.15, -0.1) is 0 Å². The van der Waals surface area contributed by atoms with Crippen molar-refractivity contribution < 1.29 is 13.2 Å². The lowest BCUT2D eigenvalue weighted by molar-refractivity contribution is -0.165. The van der Waals surface area contributed by atoms with E-state index in [-0.39, 0.29) is 6.54 Å².